The summed E-state index contributed by atoms with van der Waals surface area (Å²) in [5.74, 6) is -5.01. The molecule has 1 fully saturated rings. The molecule has 4 aromatic rings. The predicted molar refractivity (Wildman–Crippen MR) is 156 cm³/mol. The van der Waals surface area contributed by atoms with Crippen LogP contribution in [0.3, 0.4) is 0 Å². The Morgan fingerprint density at radius 1 is 1.02 bits per heavy atom. The van der Waals surface area contributed by atoms with E-state index in [2.05, 4.69) is 20.6 Å². The Morgan fingerprint density at radius 3 is 2.20 bits per heavy atom. The van der Waals surface area contributed by atoms with E-state index >= 15 is 0 Å². The molecule has 1 saturated carbocycles. The monoisotopic (exact) mass is 649 g/mol. The van der Waals surface area contributed by atoms with Crippen molar-refractivity contribution < 1.29 is 46.9 Å². The van der Waals surface area contributed by atoms with Gasteiger partial charge in [0.1, 0.15) is 17.3 Å². The number of aryl methyl sites for hydroxylation is 1. The number of hydrogen-bond donors (Lipinski definition) is 5. The quantitative estimate of drug-likeness (QED) is 0.179. The number of aliphatic carboxylic acids is 1. The summed E-state index contributed by atoms with van der Waals surface area (Å²) in [6.45, 7) is 0.917. The summed E-state index contributed by atoms with van der Waals surface area (Å²) >= 11 is 0. The average Bonchev–Trinajstić information content (AvgIpc) is 2.98. The van der Waals surface area contributed by atoms with Gasteiger partial charge >= 0.3 is 12.1 Å². The van der Waals surface area contributed by atoms with E-state index in [4.69, 9.17) is 9.90 Å². The molecule has 5 rings (SSSR count). The molecule has 0 aliphatic heterocycles. The van der Waals surface area contributed by atoms with Crippen molar-refractivity contribution >= 4 is 28.9 Å². The second kappa shape index (κ2) is 14.0. The van der Waals surface area contributed by atoms with E-state index in [1.165, 1.54) is 18.2 Å². The van der Waals surface area contributed by atoms with E-state index in [1.54, 1.807) is 18.2 Å². The fourth-order valence-corrected chi connectivity index (χ4v) is 4.47. The highest BCUT2D eigenvalue weighted by atomic mass is 19.4. The maximum Gasteiger partial charge on any atom is 0.490 e. The van der Waals surface area contributed by atoms with E-state index in [0.29, 0.717) is 22.2 Å². The molecule has 2 aromatic heterocycles. The molecule has 1 amide bonds. The van der Waals surface area contributed by atoms with Crippen LogP contribution in [0.1, 0.15) is 35.2 Å². The van der Waals surface area contributed by atoms with Crippen LogP contribution in [0.15, 0.2) is 53.3 Å². The third-order valence-electron chi connectivity index (χ3n) is 7.12. The van der Waals surface area contributed by atoms with Crippen LogP contribution in [0.25, 0.3) is 28.0 Å². The summed E-state index contributed by atoms with van der Waals surface area (Å²) in [6.07, 6.45) is -2.16. The number of carbonyl (C=O) groups excluding carboxylic acids is 1. The van der Waals surface area contributed by atoms with Gasteiger partial charge in [0.05, 0.1) is 24.9 Å². The van der Waals surface area contributed by atoms with E-state index in [-0.39, 0.29) is 23.5 Å². The highest BCUT2D eigenvalue weighted by Gasteiger charge is 2.38. The minimum absolute atomic E-state index is 0.0922. The number of halogens is 5. The molecule has 0 bridgehead atoms. The van der Waals surface area contributed by atoms with Crippen molar-refractivity contribution in [2.24, 2.45) is 0 Å². The predicted octanol–water partition coefficient (Wildman–Crippen LogP) is 3.72. The molecule has 16 heteroatoms. The third-order valence-corrected chi connectivity index (χ3v) is 7.12. The summed E-state index contributed by atoms with van der Waals surface area (Å²) in [5, 5.41) is 32.4. The molecule has 11 nitrogen and oxygen atoms in total. The van der Waals surface area contributed by atoms with E-state index in [1.807, 2.05) is 6.92 Å². The van der Waals surface area contributed by atoms with Crippen LogP contribution in [-0.4, -0.2) is 73.2 Å². The number of hydrogen-bond acceptors (Lipinski definition) is 8. The number of anilines is 1. The van der Waals surface area contributed by atoms with Crippen LogP contribution in [0.2, 0.25) is 0 Å². The summed E-state index contributed by atoms with van der Waals surface area (Å²) in [4.78, 5) is 43.8. The minimum atomic E-state index is -5.08. The SMILES string of the molecule is Cc1ccc(C(=O)NC2CCC2)cc1-c1nc(NC(CO)CO)nc2c1ccc(=O)n2-c1c(F)cccc1F.O=C(O)C(F)(F)F. The summed E-state index contributed by atoms with van der Waals surface area (Å²) in [7, 11) is 0. The second-order valence-corrected chi connectivity index (χ2v) is 10.4. The Bertz CT molecular complexity index is 1800. The highest BCUT2D eigenvalue weighted by Crippen LogP contribution is 2.32. The van der Waals surface area contributed by atoms with Crippen LogP contribution < -0.4 is 16.2 Å². The first kappa shape index (κ1) is 33.9. The largest absolute Gasteiger partial charge is 0.490 e. The molecule has 2 aromatic carbocycles. The Hall–Kier alpha value is -4.96. The number of aromatic nitrogens is 3. The highest BCUT2D eigenvalue weighted by molar-refractivity contribution is 5.98. The van der Waals surface area contributed by atoms with Crippen LogP contribution in [0.4, 0.5) is 27.9 Å². The van der Waals surface area contributed by atoms with Crippen molar-refractivity contribution in [1.29, 1.82) is 0 Å². The van der Waals surface area contributed by atoms with Gasteiger partial charge in [-0.25, -0.2) is 18.6 Å². The minimum Gasteiger partial charge on any atom is -0.475 e. The molecule has 0 spiro atoms. The van der Waals surface area contributed by atoms with Gasteiger partial charge in [0.15, 0.2) is 5.65 Å². The number of rotatable bonds is 8. The zero-order valence-electron chi connectivity index (χ0n) is 24.1. The zero-order chi connectivity index (χ0) is 33.8. The lowest BCUT2D eigenvalue weighted by Crippen LogP contribution is -2.39. The standard InChI is InChI=1S/C28H27F2N5O4.C2HF3O2/c1-15-8-9-16(27(39)31-17-4-2-5-17)12-20(15)24-19-10-11-23(38)35(25-21(29)6-3-7-22(25)30)26(19)34-28(33-24)32-18(13-36)14-37;3-2(4,5)1(6)7/h3,6-12,17-18,36-37H,2,4-5,13-14H2,1H3,(H,31,39)(H,32,33,34);(H,6,7). The van der Waals surface area contributed by atoms with Gasteiger partial charge in [0.25, 0.3) is 11.5 Å². The van der Waals surface area contributed by atoms with Crippen molar-refractivity contribution in [3.63, 3.8) is 0 Å². The van der Waals surface area contributed by atoms with Gasteiger partial charge < -0.3 is 26.0 Å². The van der Waals surface area contributed by atoms with Gasteiger partial charge in [-0.15, -0.1) is 0 Å². The molecule has 0 saturated heterocycles. The average molecular weight is 650 g/mol. The van der Waals surface area contributed by atoms with Gasteiger partial charge in [-0.1, -0.05) is 12.1 Å². The Balaban J connectivity index is 0.000000617. The molecule has 0 atom stereocenters. The van der Waals surface area contributed by atoms with Crippen molar-refractivity contribution in [1.82, 2.24) is 19.9 Å². The third kappa shape index (κ3) is 7.46. The van der Waals surface area contributed by atoms with Crippen molar-refractivity contribution in [3.05, 3.63) is 81.6 Å². The molecule has 244 valence electrons. The summed E-state index contributed by atoms with van der Waals surface area (Å²) < 4.78 is 62.3. The van der Waals surface area contributed by atoms with Crippen molar-refractivity contribution in [2.45, 2.75) is 44.4 Å². The van der Waals surface area contributed by atoms with Crippen molar-refractivity contribution in [2.75, 3.05) is 18.5 Å². The molecular formula is C30H28F5N5O6. The molecule has 5 N–H and O–H groups in total. The van der Waals surface area contributed by atoms with Gasteiger partial charge in [0, 0.05) is 28.6 Å². The normalized spacial score (nSPS) is 13.2. The lowest BCUT2D eigenvalue weighted by molar-refractivity contribution is -0.192. The number of carboxylic acids is 1. The first-order valence-electron chi connectivity index (χ1n) is 13.8. The number of pyridine rings is 1. The Kier molecular flexibility index (Phi) is 10.3. The molecule has 2 heterocycles. The van der Waals surface area contributed by atoms with Gasteiger partial charge in [-0.05, 0) is 62.1 Å². The smallest absolute Gasteiger partial charge is 0.475 e. The van der Waals surface area contributed by atoms with Crippen molar-refractivity contribution in [3.8, 4) is 16.9 Å². The summed E-state index contributed by atoms with van der Waals surface area (Å²) in [5.41, 5.74) is 0.548. The molecule has 0 unspecified atom stereocenters. The molecular weight excluding hydrogens is 621 g/mol. The number of nitrogens with one attached hydrogen (secondary N) is 2. The number of aliphatic hydroxyl groups is 2. The first-order valence-corrected chi connectivity index (χ1v) is 13.8. The van der Waals surface area contributed by atoms with Crippen LogP contribution in [-0.2, 0) is 4.79 Å². The Labute approximate surface area is 257 Å². The van der Waals surface area contributed by atoms with Gasteiger partial charge in [-0.3, -0.25) is 14.2 Å². The maximum absolute atomic E-state index is 14.9. The zero-order valence-corrected chi connectivity index (χ0v) is 24.1. The first-order chi connectivity index (χ1) is 21.7. The Morgan fingerprint density at radius 2 is 1.65 bits per heavy atom. The molecule has 1 aliphatic rings. The molecule has 1 aliphatic carbocycles. The van der Waals surface area contributed by atoms with E-state index in [0.717, 1.165) is 41.5 Å². The number of carbonyl (C=O) groups is 2. The van der Waals surface area contributed by atoms with Gasteiger partial charge in [-0.2, -0.15) is 18.2 Å². The van der Waals surface area contributed by atoms with Crippen LogP contribution >= 0.6 is 0 Å². The van der Waals surface area contributed by atoms with Crippen LogP contribution in [0.5, 0.6) is 0 Å². The number of nitrogens with zero attached hydrogens (tertiary/aromatic N) is 3. The topological polar surface area (TPSA) is 167 Å². The number of para-hydroxylation sites is 1. The number of benzene rings is 2. The van der Waals surface area contributed by atoms with Gasteiger partial charge in [0.2, 0.25) is 5.95 Å². The number of amides is 1. The number of carboxylic acid groups (broad SMARTS) is 1. The molecule has 46 heavy (non-hydrogen) atoms. The fourth-order valence-electron chi connectivity index (χ4n) is 4.47. The van der Waals surface area contributed by atoms with E-state index in [9.17, 15) is 41.8 Å². The number of aliphatic hydroxyl groups excluding tert-OH is 2. The lowest BCUT2D eigenvalue weighted by Gasteiger charge is -2.26. The lowest BCUT2D eigenvalue weighted by atomic mass is 9.92. The maximum atomic E-state index is 14.9. The molecule has 0 radical (unpaired) electrons. The summed E-state index contributed by atoms with van der Waals surface area (Å²) in [6, 6.07) is 10.3. The number of fused-ring (bicyclic) bond motifs is 1. The van der Waals surface area contributed by atoms with E-state index < -0.39 is 54.3 Å². The number of alkyl halides is 3. The second-order valence-electron chi connectivity index (χ2n) is 10.4. The fraction of sp³-hybridized carbons (Fsp3) is 0.300. The van der Waals surface area contributed by atoms with Crippen LogP contribution in [0, 0.1) is 18.6 Å².